The number of nitrogens with one attached hydrogen (secondary N) is 1. The summed E-state index contributed by atoms with van der Waals surface area (Å²) < 4.78 is 26.6. The second-order valence-electron chi connectivity index (χ2n) is 4.08. The molecular weight excluding hydrogens is 268 g/mol. The largest absolute Gasteiger partial charge is 0.394 e. The Morgan fingerprint density at radius 2 is 1.89 bits per heavy atom. The Balaban J connectivity index is 3.01. The summed E-state index contributed by atoms with van der Waals surface area (Å²) in [6.45, 7) is 0.259. The molecular formula is C11H12ClF2NO3. The Morgan fingerprint density at radius 3 is 2.39 bits per heavy atom. The van der Waals surface area contributed by atoms with Crippen molar-refractivity contribution in [2.75, 3.05) is 13.2 Å². The standard InChI is InChI=1S/C11H12ClF2NO3/c1-11(4-16,5-17)15-10(18)6-2-9(14)7(12)3-8(6)13/h2-3,16-17H,4-5H2,1H3,(H,15,18). The van der Waals surface area contributed by atoms with Gasteiger partial charge in [0.2, 0.25) is 0 Å². The van der Waals surface area contributed by atoms with Gasteiger partial charge in [-0.15, -0.1) is 0 Å². The number of benzene rings is 1. The van der Waals surface area contributed by atoms with Crippen molar-refractivity contribution in [2.24, 2.45) is 0 Å². The number of amides is 1. The maximum Gasteiger partial charge on any atom is 0.254 e. The molecule has 1 aromatic carbocycles. The predicted octanol–water partition coefficient (Wildman–Crippen LogP) is 1.09. The molecule has 0 aliphatic rings. The van der Waals surface area contributed by atoms with Crippen LogP contribution in [-0.4, -0.2) is 34.9 Å². The van der Waals surface area contributed by atoms with E-state index < -0.39 is 46.9 Å². The third-order valence-corrected chi connectivity index (χ3v) is 2.66. The van der Waals surface area contributed by atoms with E-state index in [1.54, 1.807) is 0 Å². The van der Waals surface area contributed by atoms with Crippen LogP contribution in [0.3, 0.4) is 0 Å². The Hall–Kier alpha value is -1.24. The minimum Gasteiger partial charge on any atom is -0.394 e. The first-order chi connectivity index (χ1) is 8.33. The lowest BCUT2D eigenvalue weighted by atomic mass is 10.0. The minimum absolute atomic E-state index is 0.434. The van der Waals surface area contributed by atoms with Crippen molar-refractivity contribution < 1.29 is 23.8 Å². The van der Waals surface area contributed by atoms with Gasteiger partial charge in [0.05, 0.1) is 29.3 Å². The van der Waals surface area contributed by atoms with E-state index in [2.05, 4.69) is 5.32 Å². The topological polar surface area (TPSA) is 69.6 Å². The molecule has 3 N–H and O–H groups in total. The van der Waals surface area contributed by atoms with Crippen molar-refractivity contribution in [2.45, 2.75) is 12.5 Å². The fourth-order valence-electron chi connectivity index (χ4n) is 1.17. The number of aliphatic hydroxyl groups is 2. The summed E-state index contributed by atoms with van der Waals surface area (Å²) in [7, 11) is 0. The van der Waals surface area contributed by atoms with E-state index in [4.69, 9.17) is 21.8 Å². The molecule has 100 valence electrons. The molecule has 1 amide bonds. The van der Waals surface area contributed by atoms with Crippen LogP contribution in [0.5, 0.6) is 0 Å². The Bertz CT molecular complexity index is 464. The van der Waals surface area contributed by atoms with Crippen LogP contribution in [0.4, 0.5) is 8.78 Å². The van der Waals surface area contributed by atoms with Crippen LogP contribution in [0.2, 0.25) is 5.02 Å². The summed E-state index contributed by atoms with van der Waals surface area (Å²) in [5, 5.41) is 19.7. The molecule has 1 aromatic rings. The highest BCUT2D eigenvalue weighted by atomic mass is 35.5. The first-order valence-electron chi connectivity index (χ1n) is 5.02. The first kappa shape index (κ1) is 14.8. The second-order valence-corrected chi connectivity index (χ2v) is 4.48. The van der Waals surface area contributed by atoms with Gasteiger partial charge in [0.25, 0.3) is 5.91 Å². The van der Waals surface area contributed by atoms with Gasteiger partial charge in [-0.05, 0) is 19.1 Å². The lowest BCUT2D eigenvalue weighted by molar-refractivity contribution is 0.0720. The Kier molecular flexibility index (Phi) is 4.61. The molecule has 0 spiro atoms. The van der Waals surface area contributed by atoms with Crippen LogP contribution in [0, 0.1) is 11.6 Å². The summed E-state index contributed by atoms with van der Waals surface area (Å²) >= 11 is 5.35. The molecule has 7 heteroatoms. The summed E-state index contributed by atoms with van der Waals surface area (Å²) in [5.74, 6) is -2.87. The first-order valence-corrected chi connectivity index (χ1v) is 5.39. The number of aliphatic hydroxyl groups excluding tert-OH is 2. The Labute approximate surface area is 107 Å². The minimum atomic E-state index is -1.32. The molecule has 0 bridgehead atoms. The highest BCUT2D eigenvalue weighted by Gasteiger charge is 2.26. The van der Waals surface area contributed by atoms with Gasteiger partial charge in [-0.3, -0.25) is 4.79 Å². The number of carbonyl (C=O) groups is 1. The third-order valence-electron chi connectivity index (χ3n) is 2.37. The van der Waals surface area contributed by atoms with Crippen molar-refractivity contribution >= 4 is 17.5 Å². The molecule has 0 unspecified atom stereocenters. The van der Waals surface area contributed by atoms with Crippen molar-refractivity contribution in [3.8, 4) is 0 Å². The van der Waals surface area contributed by atoms with Gasteiger partial charge in [-0.1, -0.05) is 11.6 Å². The fourth-order valence-corrected chi connectivity index (χ4v) is 1.32. The molecule has 0 aliphatic carbocycles. The van der Waals surface area contributed by atoms with E-state index in [0.29, 0.717) is 12.1 Å². The van der Waals surface area contributed by atoms with Crippen LogP contribution in [-0.2, 0) is 0 Å². The molecule has 0 aliphatic heterocycles. The van der Waals surface area contributed by atoms with E-state index in [0.717, 1.165) is 0 Å². The monoisotopic (exact) mass is 279 g/mol. The zero-order chi connectivity index (χ0) is 13.9. The average molecular weight is 280 g/mol. The number of hydrogen-bond donors (Lipinski definition) is 3. The summed E-state index contributed by atoms with van der Waals surface area (Å²) in [6.07, 6.45) is 0. The van der Waals surface area contributed by atoms with Gasteiger partial charge in [-0.25, -0.2) is 8.78 Å². The summed E-state index contributed by atoms with van der Waals surface area (Å²) in [4.78, 5) is 11.7. The molecule has 1 rings (SSSR count). The van der Waals surface area contributed by atoms with Crippen LogP contribution < -0.4 is 5.32 Å². The van der Waals surface area contributed by atoms with Crippen molar-refractivity contribution in [3.63, 3.8) is 0 Å². The van der Waals surface area contributed by atoms with E-state index >= 15 is 0 Å². The van der Waals surface area contributed by atoms with Gasteiger partial charge < -0.3 is 15.5 Å². The van der Waals surface area contributed by atoms with Gasteiger partial charge >= 0.3 is 0 Å². The van der Waals surface area contributed by atoms with Crippen LogP contribution in [0.25, 0.3) is 0 Å². The van der Waals surface area contributed by atoms with E-state index in [9.17, 15) is 13.6 Å². The molecule has 18 heavy (non-hydrogen) atoms. The molecule has 0 saturated heterocycles. The van der Waals surface area contributed by atoms with E-state index in [-0.39, 0.29) is 0 Å². The van der Waals surface area contributed by atoms with Gasteiger partial charge in [0, 0.05) is 0 Å². The van der Waals surface area contributed by atoms with Crippen molar-refractivity contribution in [3.05, 3.63) is 34.4 Å². The highest BCUT2D eigenvalue weighted by molar-refractivity contribution is 6.30. The number of carbonyl (C=O) groups excluding carboxylic acids is 1. The smallest absolute Gasteiger partial charge is 0.254 e. The molecule has 0 fully saturated rings. The van der Waals surface area contributed by atoms with Gasteiger partial charge in [0.1, 0.15) is 11.6 Å². The zero-order valence-electron chi connectivity index (χ0n) is 9.51. The van der Waals surface area contributed by atoms with Crippen molar-refractivity contribution in [1.82, 2.24) is 5.32 Å². The maximum atomic E-state index is 13.4. The highest BCUT2D eigenvalue weighted by Crippen LogP contribution is 2.19. The SMILES string of the molecule is CC(CO)(CO)NC(=O)c1cc(F)c(Cl)cc1F. The van der Waals surface area contributed by atoms with Gasteiger partial charge in [-0.2, -0.15) is 0 Å². The predicted molar refractivity (Wildman–Crippen MR) is 61.4 cm³/mol. The van der Waals surface area contributed by atoms with Crippen LogP contribution in [0.15, 0.2) is 12.1 Å². The molecule has 0 atom stereocenters. The molecule has 0 saturated carbocycles. The Morgan fingerprint density at radius 1 is 1.33 bits per heavy atom. The van der Waals surface area contributed by atoms with E-state index in [1.165, 1.54) is 6.92 Å². The van der Waals surface area contributed by atoms with Crippen LogP contribution in [0.1, 0.15) is 17.3 Å². The van der Waals surface area contributed by atoms with Gasteiger partial charge in [0.15, 0.2) is 0 Å². The molecule has 4 nitrogen and oxygen atoms in total. The quantitative estimate of drug-likeness (QED) is 0.723. The van der Waals surface area contributed by atoms with E-state index in [1.807, 2.05) is 0 Å². The zero-order valence-corrected chi connectivity index (χ0v) is 10.3. The maximum absolute atomic E-state index is 13.4. The summed E-state index contributed by atoms with van der Waals surface area (Å²) in [6, 6.07) is 1.34. The van der Waals surface area contributed by atoms with Crippen LogP contribution >= 0.6 is 11.6 Å². The number of rotatable bonds is 4. The second kappa shape index (κ2) is 5.60. The third kappa shape index (κ3) is 3.16. The average Bonchev–Trinajstić information content (AvgIpc) is 2.33. The number of hydrogen-bond acceptors (Lipinski definition) is 3. The lowest BCUT2D eigenvalue weighted by Crippen LogP contribution is -2.51. The molecule has 0 aromatic heterocycles. The molecule has 0 radical (unpaired) electrons. The number of halogens is 3. The van der Waals surface area contributed by atoms with Crippen molar-refractivity contribution in [1.29, 1.82) is 0 Å². The fraction of sp³-hybridized carbons (Fsp3) is 0.364. The lowest BCUT2D eigenvalue weighted by Gasteiger charge is -2.26. The normalized spacial score (nSPS) is 11.4. The summed E-state index contributed by atoms with van der Waals surface area (Å²) in [5.41, 5.74) is -1.87. The molecule has 0 heterocycles.